The summed E-state index contributed by atoms with van der Waals surface area (Å²) in [7, 11) is 2.21. The molecule has 0 saturated carbocycles. The van der Waals surface area contributed by atoms with Crippen molar-refractivity contribution in [3.8, 4) is 0 Å². The number of nitrogens with zero attached hydrogens (tertiary/aromatic N) is 2. The lowest BCUT2D eigenvalue weighted by atomic mass is 9.80. The highest BCUT2D eigenvalue weighted by Crippen LogP contribution is 2.29. The predicted octanol–water partition coefficient (Wildman–Crippen LogP) is 2.67. The predicted molar refractivity (Wildman–Crippen MR) is 78.5 cm³/mol. The first-order valence-electron chi connectivity index (χ1n) is 6.57. The van der Waals surface area contributed by atoms with E-state index in [0.29, 0.717) is 5.41 Å². The van der Waals surface area contributed by atoms with Crippen LogP contribution in [0.2, 0.25) is 0 Å². The topological polar surface area (TPSA) is 28.2 Å². The zero-order valence-electron chi connectivity index (χ0n) is 11.2. The van der Waals surface area contributed by atoms with E-state index in [-0.39, 0.29) is 0 Å². The minimum atomic E-state index is 0.446. The molecule has 0 aromatic carbocycles. The summed E-state index contributed by atoms with van der Waals surface area (Å²) in [4.78, 5) is 6.79. The van der Waals surface area contributed by atoms with E-state index in [2.05, 4.69) is 51.2 Å². The van der Waals surface area contributed by atoms with Crippen LogP contribution in [0.25, 0.3) is 0 Å². The maximum absolute atomic E-state index is 4.38. The van der Waals surface area contributed by atoms with Crippen molar-refractivity contribution in [2.45, 2.75) is 26.3 Å². The van der Waals surface area contributed by atoms with E-state index < -0.39 is 0 Å². The van der Waals surface area contributed by atoms with Crippen LogP contribution >= 0.6 is 15.9 Å². The SMILES string of the molecule is CN1CCC(C)(CNCc2ccc(Br)cn2)CC1. The number of rotatable bonds is 4. The molecule has 2 rings (SSSR count). The average molecular weight is 312 g/mol. The summed E-state index contributed by atoms with van der Waals surface area (Å²) in [5.74, 6) is 0. The highest BCUT2D eigenvalue weighted by atomic mass is 79.9. The zero-order chi connectivity index (χ0) is 13.0. The fourth-order valence-corrected chi connectivity index (χ4v) is 2.57. The van der Waals surface area contributed by atoms with E-state index in [9.17, 15) is 0 Å². The van der Waals surface area contributed by atoms with Crippen molar-refractivity contribution in [3.05, 3.63) is 28.5 Å². The molecular formula is C14H22BrN3. The van der Waals surface area contributed by atoms with Gasteiger partial charge in [-0.1, -0.05) is 6.92 Å². The molecule has 18 heavy (non-hydrogen) atoms. The lowest BCUT2D eigenvalue weighted by molar-refractivity contribution is 0.136. The monoisotopic (exact) mass is 311 g/mol. The maximum Gasteiger partial charge on any atom is 0.0542 e. The molecule has 0 bridgehead atoms. The Hall–Kier alpha value is -0.450. The fourth-order valence-electron chi connectivity index (χ4n) is 2.34. The van der Waals surface area contributed by atoms with Gasteiger partial charge in [-0.15, -0.1) is 0 Å². The Morgan fingerprint density at radius 2 is 2.11 bits per heavy atom. The molecule has 0 spiro atoms. The van der Waals surface area contributed by atoms with Gasteiger partial charge in [-0.25, -0.2) is 0 Å². The highest BCUT2D eigenvalue weighted by molar-refractivity contribution is 9.10. The summed E-state index contributed by atoms with van der Waals surface area (Å²) < 4.78 is 1.04. The first-order chi connectivity index (χ1) is 8.57. The Bertz CT molecular complexity index is 369. The summed E-state index contributed by atoms with van der Waals surface area (Å²) >= 11 is 3.40. The zero-order valence-corrected chi connectivity index (χ0v) is 12.8. The maximum atomic E-state index is 4.38. The van der Waals surface area contributed by atoms with Crippen LogP contribution in [0.5, 0.6) is 0 Å². The third kappa shape index (κ3) is 4.04. The van der Waals surface area contributed by atoms with Crippen molar-refractivity contribution in [1.82, 2.24) is 15.2 Å². The van der Waals surface area contributed by atoms with Crippen LogP contribution < -0.4 is 5.32 Å². The highest BCUT2D eigenvalue weighted by Gasteiger charge is 2.28. The lowest BCUT2D eigenvalue weighted by Gasteiger charge is -2.38. The molecule has 1 aromatic heterocycles. The number of pyridine rings is 1. The molecule has 0 atom stereocenters. The largest absolute Gasteiger partial charge is 0.311 e. The molecular weight excluding hydrogens is 290 g/mol. The number of piperidine rings is 1. The normalized spacial score (nSPS) is 19.9. The molecule has 1 aliphatic heterocycles. The van der Waals surface area contributed by atoms with Crippen LogP contribution in [0.3, 0.4) is 0 Å². The number of hydrogen-bond acceptors (Lipinski definition) is 3. The molecule has 0 amide bonds. The van der Waals surface area contributed by atoms with Gasteiger partial charge in [0, 0.05) is 23.8 Å². The van der Waals surface area contributed by atoms with Crippen molar-refractivity contribution < 1.29 is 0 Å². The summed E-state index contributed by atoms with van der Waals surface area (Å²) in [6, 6.07) is 4.11. The second-order valence-electron chi connectivity index (χ2n) is 5.69. The molecule has 0 unspecified atom stereocenters. The van der Waals surface area contributed by atoms with E-state index in [0.717, 1.165) is 23.3 Å². The number of hydrogen-bond donors (Lipinski definition) is 1. The van der Waals surface area contributed by atoms with E-state index in [4.69, 9.17) is 0 Å². The van der Waals surface area contributed by atoms with Crippen molar-refractivity contribution >= 4 is 15.9 Å². The van der Waals surface area contributed by atoms with E-state index in [1.54, 1.807) is 0 Å². The van der Waals surface area contributed by atoms with Gasteiger partial charge >= 0.3 is 0 Å². The Morgan fingerprint density at radius 3 is 2.72 bits per heavy atom. The number of halogens is 1. The summed E-state index contributed by atoms with van der Waals surface area (Å²) in [5.41, 5.74) is 1.55. The third-order valence-electron chi connectivity index (χ3n) is 3.84. The van der Waals surface area contributed by atoms with Crippen LogP contribution in [0.15, 0.2) is 22.8 Å². The first-order valence-corrected chi connectivity index (χ1v) is 7.36. The summed E-state index contributed by atoms with van der Waals surface area (Å²) in [6.07, 6.45) is 4.42. The van der Waals surface area contributed by atoms with Crippen LogP contribution in [-0.2, 0) is 6.54 Å². The van der Waals surface area contributed by atoms with Crippen LogP contribution in [0.4, 0.5) is 0 Å². The van der Waals surface area contributed by atoms with Gasteiger partial charge in [0.1, 0.15) is 0 Å². The Kier molecular flexibility index (Phi) is 4.76. The molecule has 4 heteroatoms. The molecule has 0 radical (unpaired) electrons. The van der Waals surface area contributed by atoms with Crippen molar-refractivity contribution in [2.24, 2.45) is 5.41 Å². The van der Waals surface area contributed by atoms with Gasteiger partial charge in [-0.3, -0.25) is 4.98 Å². The number of likely N-dealkylation sites (tertiary alicyclic amines) is 1. The van der Waals surface area contributed by atoms with Crippen molar-refractivity contribution in [3.63, 3.8) is 0 Å². The van der Waals surface area contributed by atoms with Crippen LogP contribution in [0, 0.1) is 5.41 Å². The molecule has 1 aromatic rings. The van der Waals surface area contributed by atoms with Gasteiger partial charge < -0.3 is 10.2 Å². The van der Waals surface area contributed by atoms with Crippen molar-refractivity contribution in [2.75, 3.05) is 26.7 Å². The molecule has 2 heterocycles. The lowest BCUT2D eigenvalue weighted by Crippen LogP contribution is -2.41. The average Bonchev–Trinajstić information content (AvgIpc) is 2.36. The Balaban J connectivity index is 1.76. The van der Waals surface area contributed by atoms with Crippen LogP contribution in [0.1, 0.15) is 25.5 Å². The van der Waals surface area contributed by atoms with E-state index >= 15 is 0 Å². The quantitative estimate of drug-likeness (QED) is 0.926. The van der Waals surface area contributed by atoms with Gasteiger partial charge in [0.2, 0.25) is 0 Å². The second kappa shape index (κ2) is 6.13. The molecule has 3 nitrogen and oxygen atoms in total. The second-order valence-corrected chi connectivity index (χ2v) is 6.60. The minimum absolute atomic E-state index is 0.446. The third-order valence-corrected chi connectivity index (χ3v) is 4.31. The molecule has 100 valence electrons. The Morgan fingerprint density at radius 1 is 1.39 bits per heavy atom. The standard InChI is InChI=1S/C14H22BrN3/c1-14(5-7-18(2)8-6-14)11-16-10-13-4-3-12(15)9-17-13/h3-4,9,16H,5-8,10-11H2,1-2H3. The number of nitrogens with one attached hydrogen (secondary N) is 1. The molecule has 0 aliphatic carbocycles. The molecule has 1 N–H and O–H groups in total. The van der Waals surface area contributed by atoms with Gasteiger partial charge in [0.25, 0.3) is 0 Å². The molecule has 1 saturated heterocycles. The Labute approximate surface area is 118 Å². The van der Waals surface area contributed by atoms with E-state index in [1.807, 2.05) is 12.3 Å². The smallest absolute Gasteiger partial charge is 0.0542 e. The van der Waals surface area contributed by atoms with Crippen LogP contribution in [-0.4, -0.2) is 36.6 Å². The summed E-state index contributed by atoms with van der Waals surface area (Å²) in [6.45, 7) is 6.77. The summed E-state index contributed by atoms with van der Waals surface area (Å²) in [5, 5.41) is 3.55. The van der Waals surface area contributed by atoms with Gasteiger partial charge in [-0.05, 0) is 66.5 Å². The number of aromatic nitrogens is 1. The van der Waals surface area contributed by atoms with Gasteiger partial charge in [0.05, 0.1) is 5.69 Å². The molecule has 1 aliphatic rings. The van der Waals surface area contributed by atoms with E-state index in [1.165, 1.54) is 25.9 Å². The van der Waals surface area contributed by atoms with Gasteiger partial charge in [-0.2, -0.15) is 0 Å². The van der Waals surface area contributed by atoms with Gasteiger partial charge in [0.15, 0.2) is 0 Å². The fraction of sp³-hybridized carbons (Fsp3) is 0.643. The minimum Gasteiger partial charge on any atom is -0.311 e. The van der Waals surface area contributed by atoms with Crippen molar-refractivity contribution in [1.29, 1.82) is 0 Å². The first kappa shape index (κ1) is 14.0. The molecule has 1 fully saturated rings.